The normalized spacial score (nSPS) is 14.0. The lowest BCUT2D eigenvalue weighted by Crippen LogP contribution is -2.28. The lowest BCUT2D eigenvalue weighted by molar-refractivity contribution is -0.0105. The molecular weight excluding hydrogens is 176 g/mol. The van der Waals surface area contributed by atoms with Gasteiger partial charge in [-0.1, -0.05) is 24.3 Å². The molecule has 2 nitrogen and oxygen atoms in total. The van der Waals surface area contributed by atoms with Crippen LogP contribution in [0.15, 0.2) is 50.6 Å². The summed E-state index contributed by atoms with van der Waals surface area (Å²) in [6, 6.07) is 0. The Morgan fingerprint density at radius 3 is 1.36 bits per heavy atom. The Morgan fingerprint density at radius 1 is 0.786 bits per heavy atom. The fourth-order valence-corrected chi connectivity index (χ4v) is 0.952. The number of hydrogen-bond donors (Lipinski definition) is 0. The molecule has 0 aromatic rings. The van der Waals surface area contributed by atoms with Crippen LogP contribution >= 0.6 is 0 Å². The highest BCUT2D eigenvalue weighted by Crippen LogP contribution is 2.07. The summed E-state index contributed by atoms with van der Waals surface area (Å²) in [5, 5.41) is 0. The van der Waals surface area contributed by atoms with Crippen LogP contribution < -0.4 is 0 Å². The molecule has 14 heavy (non-hydrogen) atoms. The van der Waals surface area contributed by atoms with Crippen molar-refractivity contribution in [2.24, 2.45) is 0 Å². The maximum absolute atomic E-state index is 5.42. The lowest BCUT2D eigenvalue weighted by atomic mass is 10.2. The smallest absolute Gasteiger partial charge is 0.105 e. The summed E-state index contributed by atoms with van der Waals surface area (Å²) in [4.78, 5) is 0. The van der Waals surface area contributed by atoms with Crippen molar-refractivity contribution < 1.29 is 9.47 Å². The standard InChI is InChI=1S/C12H18O2/c1-5-9-13-11(7-3)12(8-4)14-10-6-2/h5-8,11-12H,1-4,9-10H2. The van der Waals surface area contributed by atoms with Crippen molar-refractivity contribution in [3.8, 4) is 0 Å². The molecule has 2 heteroatoms. The van der Waals surface area contributed by atoms with Crippen molar-refractivity contribution in [1.29, 1.82) is 0 Å². The van der Waals surface area contributed by atoms with E-state index in [1.165, 1.54) is 0 Å². The lowest BCUT2D eigenvalue weighted by Gasteiger charge is -2.21. The van der Waals surface area contributed by atoms with Crippen LogP contribution in [0.5, 0.6) is 0 Å². The summed E-state index contributed by atoms with van der Waals surface area (Å²) in [6.07, 6.45) is 6.38. The van der Waals surface area contributed by atoms with Gasteiger partial charge in [-0.2, -0.15) is 0 Å². The fraction of sp³-hybridized carbons (Fsp3) is 0.333. The molecular formula is C12H18O2. The van der Waals surface area contributed by atoms with Gasteiger partial charge in [0.15, 0.2) is 0 Å². The molecule has 0 saturated carbocycles. The summed E-state index contributed by atoms with van der Waals surface area (Å²) < 4.78 is 10.8. The first-order valence-electron chi connectivity index (χ1n) is 4.50. The molecule has 0 aromatic carbocycles. The molecule has 0 amide bonds. The van der Waals surface area contributed by atoms with E-state index in [0.717, 1.165) is 0 Å². The van der Waals surface area contributed by atoms with Crippen molar-refractivity contribution in [3.63, 3.8) is 0 Å². The largest absolute Gasteiger partial charge is 0.367 e. The van der Waals surface area contributed by atoms with E-state index in [2.05, 4.69) is 26.3 Å². The van der Waals surface area contributed by atoms with E-state index in [-0.39, 0.29) is 12.2 Å². The Bertz CT molecular complexity index is 174. The third kappa shape index (κ3) is 4.80. The van der Waals surface area contributed by atoms with Crippen LogP contribution in [0.3, 0.4) is 0 Å². The van der Waals surface area contributed by atoms with Crippen LogP contribution in [0.2, 0.25) is 0 Å². The first-order chi connectivity index (χ1) is 6.79. The highest BCUT2D eigenvalue weighted by atomic mass is 16.5. The maximum atomic E-state index is 5.42. The van der Waals surface area contributed by atoms with Gasteiger partial charge in [-0.05, 0) is 0 Å². The Kier molecular flexibility index (Phi) is 7.80. The van der Waals surface area contributed by atoms with Crippen LogP contribution in [-0.4, -0.2) is 25.4 Å². The molecule has 0 aliphatic rings. The third-order valence-corrected chi connectivity index (χ3v) is 1.60. The predicted octanol–water partition coefficient (Wildman–Crippen LogP) is 2.50. The number of rotatable bonds is 9. The molecule has 0 heterocycles. The van der Waals surface area contributed by atoms with E-state index >= 15 is 0 Å². The van der Waals surface area contributed by atoms with Gasteiger partial charge in [0.2, 0.25) is 0 Å². The van der Waals surface area contributed by atoms with Crippen LogP contribution in [0.25, 0.3) is 0 Å². The summed E-state index contributed by atoms with van der Waals surface area (Å²) >= 11 is 0. The average molecular weight is 194 g/mol. The highest BCUT2D eigenvalue weighted by Gasteiger charge is 2.15. The molecule has 0 rings (SSSR count). The second-order valence-electron chi connectivity index (χ2n) is 2.64. The van der Waals surface area contributed by atoms with E-state index < -0.39 is 0 Å². The minimum Gasteiger partial charge on any atom is -0.367 e. The molecule has 78 valence electrons. The van der Waals surface area contributed by atoms with Crippen LogP contribution in [0.4, 0.5) is 0 Å². The zero-order valence-electron chi connectivity index (χ0n) is 8.52. The van der Waals surface area contributed by atoms with Crippen molar-refractivity contribution >= 4 is 0 Å². The quantitative estimate of drug-likeness (QED) is 0.525. The Labute approximate surface area is 86.2 Å². The minimum absolute atomic E-state index is 0.189. The van der Waals surface area contributed by atoms with Gasteiger partial charge in [-0.15, -0.1) is 26.3 Å². The topological polar surface area (TPSA) is 18.5 Å². The second-order valence-corrected chi connectivity index (χ2v) is 2.64. The Morgan fingerprint density at radius 2 is 1.14 bits per heavy atom. The zero-order chi connectivity index (χ0) is 10.8. The van der Waals surface area contributed by atoms with Gasteiger partial charge >= 0.3 is 0 Å². The summed E-state index contributed by atoms with van der Waals surface area (Å²) in [5.41, 5.74) is 0. The van der Waals surface area contributed by atoms with Crippen LogP contribution in [-0.2, 0) is 9.47 Å². The monoisotopic (exact) mass is 194 g/mol. The van der Waals surface area contributed by atoms with Crippen molar-refractivity contribution in [2.75, 3.05) is 13.2 Å². The third-order valence-electron chi connectivity index (χ3n) is 1.60. The zero-order valence-corrected chi connectivity index (χ0v) is 8.52. The van der Waals surface area contributed by atoms with Crippen molar-refractivity contribution in [2.45, 2.75) is 12.2 Å². The molecule has 2 unspecified atom stereocenters. The van der Waals surface area contributed by atoms with E-state index in [9.17, 15) is 0 Å². The Hall–Kier alpha value is -1.12. The molecule has 0 N–H and O–H groups in total. The summed E-state index contributed by atoms with van der Waals surface area (Å²) in [5.74, 6) is 0. The maximum Gasteiger partial charge on any atom is 0.105 e. The van der Waals surface area contributed by atoms with Gasteiger partial charge < -0.3 is 9.47 Å². The molecule has 0 bridgehead atoms. The number of hydrogen-bond acceptors (Lipinski definition) is 2. The van der Waals surface area contributed by atoms with E-state index in [1.807, 2.05) is 0 Å². The molecule has 0 aliphatic heterocycles. The molecule has 0 radical (unpaired) electrons. The van der Waals surface area contributed by atoms with Crippen LogP contribution in [0, 0.1) is 0 Å². The van der Waals surface area contributed by atoms with E-state index in [0.29, 0.717) is 13.2 Å². The van der Waals surface area contributed by atoms with E-state index in [1.54, 1.807) is 24.3 Å². The summed E-state index contributed by atoms with van der Waals surface area (Å²) in [7, 11) is 0. The van der Waals surface area contributed by atoms with Gasteiger partial charge in [-0.25, -0.2) is 0 Å². The van der Waals surface area contributed by atoms with Gasteiger partial charge in [0.1, 0.15) is 12.2 Å². The van der Waals surface area contributed by atoms with Crippen LogP contribution in [0.1, 0.15) is 0 Å². The van der Waals surface area contributed by atoms with Gasteiger partial charge in [-0.3, -0.25) is 0 Å². The second kappa shape index (κ2) is 8.48. The predicted molar refractivity (Wildman–Crippen MR) is 60.3 cm³/mol. The van der Waals surface area contributed by atoms with Crippen molar-refractivity contribution in [3.05, 3.63) is 50.6 Å². The van der Waals surface area contributed by atoms with Gasteiger partial charge in [0.25, 0.3) is 0 Å². The average Bonchev–Trinajstić information content (AvgIpc) is 2.23. The summed E-state index contributed by atoms with van der Waals surface area (Å²) in [6.45, 7) is 15.4. The molecule has 0 aliphatic carbocycles. The highest BCUT2D eigenvalue weighted by molar-refractivity contribution is 4.97. The minimum atomic E-state index is -0.189. The van der Waals surface area contributed by atoms with Gasteiger partial charge in [0.05, 0.1) is 13.2 Å². The molecule has 0 fully saturated rings. The number of ether oxygens (including phenoxy) is 2. The van der Waals surface area contributed by atoms with E-state index in [4.69, 9.17) is 9.47 Å². The molecule has 2 atom stereocenters. The molecule has 0 aromatic heterocycles. The Balaban J connectivity index is 4.12. The first-order valence-corrected chi connectivity index (χ1v) is 4.50. The van der Waals surface area contributed by atoms with Crippen molar-refractivity contribution in [1.82, 2.24) is 0 Å². The molecule has 0 spiro atoms. The SMILES string of the molecule is C=CCOC(C=C)C(C=C)OCC=C. The first kappa shape index (κ1) is 12.9. The molecule has 0 saturated heterocycles. The van der Waals surface area contributed by atoms with Gasteiger partial charge in [0, 0.05) is 0 Å². The fourth-order valence-electron chi connectivity index (χ4n) is 0.952.